The lowest BCUT2D eigenvalue weighted by Crippen LogP contribution is -2.37. The van der Waals surface area contributed by atoms with Crippen LogP contribution in [0.5, 0.6) is 17.2 Å². The maximum Gasteiger partial charge on any atom is 0.151 e. The zero-order chi connectivity index (χ0) is 20.1. The molecule has 6 nitrogen and oxygen atoms in total. The number of ether oxygens (including phenoxy) is 1. The number of nitrogens with zero attached hydrogens (tertiary/aromatic N) is 3. The summed E-state index contributed by atoms with van der Waals surface area (Å²) < 4.78 is 6.25. The van der Waals surface area contributed by atoms with E-state index in [0.29, 0.717) is 11.8 Å². The number of hydrogen-bond donors (Lipinski definition) is 2. The minimum Gasteiger partial charge on any atom is -0.508 e. The number of likely N-dealkylation sites (N-methyl/N-ethyl adjacent to an activating group) is 1. The van der Waals surface area contributed by atoms with Crippen molar-refractivity contribution < 1.29 is 9.84 Å². The highest BCUT2D eigenvalue weighted by atomic mass is 16.5. The van der Waals surface area contributed by atoms with Gasteiger partial charge in [0.25, 0.3) is 0 Å². The van der Waals surface area contributed by atoms with Gasteiger partial charge in [-0.2, -0.15) is 0 Å². The molecule has 0 spiro atoms. The van der Waals surface area contributed by atoms with E-state index >= 15 is 0 Å². The molecule has 0 aliphatic carbocycles. The second kappa shape index (κ2) is 8.92. The summed E-state index contributed by atoms with van der Waals surface area (Å²) in [5, 5.41) is 13.1. The first-order valence-electron chi connectivity index (χ1n) is 10.1. The van der Waals surface area contributed by atoms with E-state index in [2.05, 4.69) is 39.2 Å². The third-order valence-electron chi connectivity index (χ3n) is 5.21. The van der Waals surface area contributed by atoms with Crippen LogP contribution in [0.2, 0.25) is 0 Å². The summed E-state index contributed by atoms with van der Waals surface area (Å²) in [7, 11) is 0. The van der Waals surface area contributed by atoms with E-state index in [9.17, 15) is 5.11 Å². The molecule has 1 atom stereocenters. The van der Waals surface area contributed by atoms with Crippen LogP contribution in [0.3, 0.4) is 0 Å². The number of phenols is 1. The number of aromatic hydroxyl groups is 1. The quantitative estimate of drug-likeness (QED) is 0.629. The van der Waals surface area contributed by atoms with Gasteiger partial charge in [0.1, 0.15) is 11.5 Å². The molecule has 1 aliphatic heterocycles. The first-order valence-corrected chi connectivity index (χ1v) is 10.1. The largest absolute Gasteiger partial charge is 0.508 e. The molecule has 2 N–H and O–H groups in total. The Balaban J connectivity index is 1.69. The minimum absolute atomic E-state index is 0.216. The van der Waals surface area contributed by atoms with Crippen molar-refractivity contribution in [3.63, 3.8) is 0 Å². The fraction of sp³-hybridized carbons (Fsp3) is 0.304. The predicted octanol–water partition coefficient (Wildman–Crippen LogP) is 4.22. The molecule has 1 aromatic heterocycles. The average molecular weight is 390 g/mol. The summed E-state index contributed by atoms with van der Waals surface area (Å²) in [6.45, 7) is 5.07. The van der Waals surface area contributed by atoms with Gasteiger partial charge in [0.05, 0.1) is 17.6 Å². The normalized spacial score (nSPS) is 16.0. The monoisotopic (exact) mass is 390 g/mol. The topological polar surface area (TPSA) is 70.5 Å². The molecular weight excluding hydrogens is 364 g/mol. The van der Waals surface area contributed by atoms with Crippen LogP contribution in [0, 0.1) is 0 Å². The highest BCUT2D eigenvalue weighted by Crippen LogP contribution is 2.36. The van der Waals surface area contributed by atoms with Gasteiger partial charge in [0.2, 0.25) is 0 Å². The van der Waals surface area contributed by atoms with E-state index in [1.165, 1.54) is 12.8 Å². The third-order valence-corrected chi connectivity index (χ3v) is 5.21. The van der Waals surface area contributed by atoms with Gasteiger partial charge in [-0.25, -0.2) is 0 Å². The lowest BCUT2D eigenvalue weighted by molar-refractivity contribution is 0.463. The first kappa shape index (κ1) is 19.2. The van der Waals surface area contributed by atoms with Crippen LogP contribution in [0.1, 0.15) is 19.8 Å². The van der Waals surface area contributed by atoms with Crippen molar-refractivity contribution >= 4 is 5.69 Å². The highest BCUT2D eigenvalue weighted by Gasteiger charge is 2.20. The molecule has 3 aromatic rings. The maximum absolute atomic E-state index is 9.57. The SMILES string of the molecule is CCN(C[C@@H]1CCCN1)c1ccc(-c2cnccn2)cc1Oc1ccc(O)cc1. The number of anilines is 1. The van der Waals surface area contributed by atoms with Crippen molar-refractivity contribution in [1.29, 1.82) is 0 Å². The lowest BCUT2D eigenvalue weighted by atomic mass is 10.1. The fourth-order valence-electron chi connectivity index (χ4n) is 3.68. The summed E-state index contributed by atoms with van der Waals surface area (Å²) in [4.78, 5) is 10.9. The Morgan fingerprint density at radius 1 is 1.17 bits per heavy atom. The van der Waals surface area contributed by atoms with Crippen LogP contribution in [-0.4, -0.2) is 40.8 Å². The van der Waals surface area contributed by atoms with Gasteiger partial charge in [-0.15, -0.1) is 0 Å². The Hall–Kier alpha value is -3.12. The summed E-state index contributed by atoms with van der Waals surface area (Å²) >= 11 is 0. The van der Waals surface area contributed by atoms with E-state index in [-0.39, 0.29) is 5.75 Å². The lowest BCUT2D eigenvalue weighted by Gasteiger charge is -2.28. The molecule has 2 heterocycles. The summed E-state index contributed by atoms with van der Waals surface area (Å²) in [6, 6.07) is 13.5. The number of hydrogen-bond acceptors (Lipinski definition) is 6. The van der Waals surface area contributed by atoms with Gasteiger partial charge in [0.15, 0.2) is 5.75 Å². The molecule has 150 valence electrons. The molecule has 2 aromatic carbocycles. The minimum atomic E-state index is 0.216. The van der Waals surface area contributed by atoms with E-state index in [4.69, 9.17) is 4.74 Å². The zero-order valence-electron chi connectivity index (χ0n) is 16.6. The van der Waals surface area contributed by atoms with Crippen LogP contribution in [0.4, 0.5) is 5.69 Å². The van der Waals surface area contributed by atoms with Crippen LogP contribution < -0.4 is 15.0 Å². The van der Waals surface area contributed by atoms with Crippen molar-refractivity contribution in [1.82, 2.24) is 15.3 Å². The molecule has 1 fully saturated rings. The van der Waals surface area contributed by atoms with Crippen LogP contribution in [0.15, 0.2) is 61.1 Å². The summed E-state index contributed by atoms with van der Waals surface area (Å²) in [5.74, 6) is 1.66. The Labute approximate surface area is 171 Å². The highest BCUT2D eigenvalue weighted by molar-refractivity contribution is 5.70. The van der Waals surface area contributed by atoms with Gasteiger partial charge in [-0.3, -0.25) is 9.97 Å². The van der Waals surface area contributed by atoms with Gasteiger partial charge < -0.3 is 20.1 Å². The van der Waals surface area contributed by atoms with Crippen molar-refractivity contribution in [2.75, 3.05) is 24.5 Å². The Bertz CT molecular complexity index is 925. The Kier molecular flexibility index (Phi) is 5.91. The zero-order valence-corrected chi connectivity index (χ0v) is 16.6. The first-order chi connectivity index (χ1) is 14.2. The van der Waals surface area contributed by atoms with Gasteiger partial charge in [-0.1, -0.05) is 6.07 Å². The van der Waals surface area contributed by atoms with Crippen molar-refractivity contribution in [2.24, 2.45) is 0 Å². The number of phenolic OH excluding ortho intramolecular Hbond substituents is 1. The molecule has 0 bridgehead atoms. The molecule has 0 amide bonds. The van der Waals surface area contributed by atoms with Gasteiger partial charge in [0, 0.05) is 37.1 Å². The average Bonchev–Trinajstić information content (AvgIpc) is 3.28. The van der Waals surface area contributed by atoms with E-state index in [1.807, 2.05) is 6.07 Å². The van der Waals surface area contributed by atoms with E-state index in [1.54, 1.807) is 42.9 Å². The summed E-state index contributed by atoms with van der Waals surface area (Å²) in [5.41, 5.74) is 2.79. The fourth-order valence-corrected chi connectivity index (χ4v) is 3.68. The molecule has 29 heavy (non-hydrogen) atoms. The Morgan fingerprint density at radius 3 is 2.72 bits per heavy atom. The van der Waals surface area contributed by atoms with Crippen molar-refractivity contribution in [2.45, 2.75) is 25.8 Å². The molecule has 4 rings (SSSR count). The third kappa shape index (κ3) is 4.66. The molecular formula is C23H26N4O2. The number of aromatic nitrogens is 2. The molecule has 0 radical (unpaired) electrons. The second-order valence-electron chi connectivity index (χ2n) is 7.20. The number of rotatable bonds is 7. The maximum atomic E-state index is 9.57. The standard InChI is InChI=1S/C23H26N4O2/c1-2-27(16-18-4-3-11-25-18)22-10-5-17(21-15-24-12-13-26-21)14-23(22)29-20-8-6-19(28)7-9-20/h5-10,12-15,18,25,28H,2-4,11,16H2,1H3/t18-/m0/s1. The summed E-state index contributed by atoms with van der Waals surface area (Å²) in [6.07, 6.45) is 7.53. The number of nitrogens with one attached hydrogen (secondary N) is 1. The smallest absolute Gasteiger partial charge is 0.151 e. The van der Waals surface area contributed by atoms with Gasteiger partial charge >= 0.3 is 0 Å². The van der Waals surface area contributed by atoms with E-state index < -0.39 is 0 Å². The van der Waals surface area contributed by atoms with Gasteiger partial charge in [-0.05, 0) is 62.7 Å². The number of benzene rings is 2. The predicted molar refractivity (Wildman–Crippen MR) is 115 cm³/mol. The molecule has 1 aliphatic rings. The van der Waals surface area contributed by atoms with Crippen molar-refractivity contribution in [3.05, 3.63) is 61.1 Å². The molecule has 6 heteroatoms. The van der Waals surface area contributed by atoms with E-state index in [0.717, 1.165) is 42.3 Å². The van der Waals surface area contributed by atoms with Crippen LogP contribution in [0.25, 0.3) is 11.3 Å². The van der Waals surface area contributed by atoms with Crippen LogP contribution >= 0.6 is 0 Å². The second-order valence-corrected chi connectivity index (χ2v) is 7.20. The van der Waals surface area contributed by atoms with Crippen molar-refractivity contribution in [3.8, 4) is 28.5 Å². The molecule has 0 saturated carbocycles. The molecule has 0 unspecified atom stereocenters. The van der Waals surface area contributed by atoms with Crippen LogP contribution in [-0.2, 0) is 0 Å². The Morgan fingerprint density at radius 2 is 2.03 bits per heavy atom. The molecule has 1 saturated heterocycles.